The molecule has 6 heteroatoms. The number of rotatable bonds is 7. The second-order valence-corrected chi connectivity index (χ2v) is 7.19. The Bertz CT molecular complexity index is 1240. The van der Waals surface area contributed by atoms with Gasteiger partial charge in [0.05, 0.1) is 11.9 Å². The van der Waals surface area contributed by atoms with Gasteiger partial charge in [-0.2, -0.15) is 5.26 Å². The first-order valence-corrected chi connectivity index (χ1v) is 10.3. The molecule has 0 saturated carbocycles. The number of nitrogens with zero attached hydrogens (tertiary/aromatic N) is 4. The van der Waals surface area contributed by atoms with E-state index in [0.717, 1.165) is 11.3 Å². The largest absolute Gasteiger partial charge is 0.456 e. The molecule has 0 unspecified atom stereocenters. The predicted octanol–water partition coefficient (Wildman–Crippen LogP) is 5.26. The molecule has 1 heterocycles. The fourth-order valence-corrected chi connectivity index (χ4v) is 3.46. The van der Waals surface area contributed by atoms with Gasteiger partial charge in [-0.1, -0.05) is 30.3 Å². The molecule has 0 atom stereocenters. The molecule has 1 aromatic heterocycles. The molecule has 0 fully saturated rings. The van der Waals surface area contributed by atoms with Gasteiger partial charge in [0.1, 0.15) is 17.6 Å². The van der Waals surface area contributed by atoms with Crippen molar-refractivity contribution in [2.24, 2.45) is 0 Å². The molecule has 0 aliphatic heterocycles. The van der Waals surface area contributed by atoms with Gasteiger partial charge in [0.15, 0.2) is 0 Å². The van der Waals surface area contributed by atoms with Crippen molar-refractivity contribution in [3.05, 3.63) is 108 Å². The molecule has 3 aromatic carbocycles. The molecule has 0 N–H and O–H groups in total. The van der Waals surface area contributed by atoms with E-state index in [1.807, 2.05) is 60.2 Å². The highest BCUT2D eigenvalue weighted by atomic mass is 16.5. The van der Waals surface area contributed by atoms with Crippen molar-refractivity contribution in [2.75, 3.05) is 11.4 Å². The zero-order chi connectivity index (χ0) is 22.3. The third-order valence-electron chi connectivity index (χ3n) is 5.03. The summed E-state index contributed by atoms with van der Waals surface area (Å²) >= 11 is 0. The molecule has 32 heavy (non-hydrogen) atoms. The Hall–Kier alpha value is -4.37. The maximum atomic E-state index is 13.1. The minimum Gasteiger partial charge on any atom is -0.456 e. The minimum absolute atomic E-state index is 0.112. The van der Waals surface area contributed by atoms with E-state index in [1.165, 1.54) is 0 Å². The Kier molecular flexibility index (Phi) is 6.28. The van der Waals surface area contributed by atoms with Crippen molar-refractivity contribution in [1.82, 2.24) is 9.55 Å². The summed E-state index contributed by atoms with van der Waals surface area (Å²) in [4.78, 5) is 18.9. The zero-order valence-electron chi connectivity index (χ0n) is 17.7. The molecule has 0 radical (unpaired) electrons. The van der Waals surface area contributed by atoms with Gasteiger partial charge in [-0.15, -0.1) is 0 Å². The van der Waals surface area contributed by atoms with Gasteiger partial charge in [0.25, 0.3) is 5.91 Å². The van der Waals surface area contributed by atoms with Crippen LogP contribution in [0.5, 0.6) is 11.5 Å². The predicted molar refractivity (Wildman–Crippen MR) is 123 cm³/mol. The number of nitriles is 1. The lowest BCUT2D eigenvalue weighted by Crippen LogP contribution is -2.30. The van der Waals surface area contributed by atoms with Gasteiger partial charge < -0.3 is 14.2 Å². The van der Waals surface area contributed by atoms with Gasteiger partial charge in [0, 0.05) is 36.7 Å². The molecular weight excluding hydrogens is 400 g/mol. The number of carbonyl (C=O) groups excluding carboxylic acids is 1. The van der Waals surface area contributed by atoms with Crippen LogP contribution in [0.1, 0.15) is 28.4 Å². The first kappa shape index (κ1) is 20.9. The molecule has 0 bridgehead atoms. The highest BCUT2D eigenvalue weighted by Crippen LogP contribution is 2.28. The van der Waals surface area contributed by atoms with Crippen molar-refractivity contribution in [3.8, 4) is 17.6 Å². The van der Waals surface area contributed by atoms with Crippen LogP contribution in [0.3, 0.4) is 0 Å². The third kappa shape index (κ3) is 4.68. The van der Waals surface area contributed by atoms with Crippen molar-refractivity contribution in [3.63, 3.8) is 0 Å². The van der Waals surface area contributed by atoms with E-state index >= 15 is 0 Å². The average Bonchev–Trinajstić information content (AvgIpc) is 3.34. The van der Waals surface area contributed by atoms with Crippen LogP contribution in [-0.4, -0.2) is 22.0 Å². The van der Waals surface area contributed by atoms with Gasteiger partial charge in [0.2, 0.25) is 0 Å². The third-order valence-corrected chi connectivity index (χ3v) is 5.03. The van der Waals surface area contributed by atoms with E-state index in [9.17, 15) is 10.1 Å². The number of amides is 1. The number of benzene rings is 3. The maximum absolute atomic E-state index is 13.1. The summed E-state index contributed by atoms with van der Waals surface area (Å²) in [5, 5.41) is 9.51. The van der Waals surface area contributed by atoms with Crippen LogP contribution >= 0.6 is 0 Å². The van der Waals surface area contributed by atoms with Crippen molar-refractivity contribution in [1.29, 1.82) is 5.26 Å². The lowest BCUT2D eigenvalue weighted by molar-refractivity contribution is 0.0988. The molecule has 0 aliphatic rings. The second-order valence-electron chi connectivity index (χ2n) is 7.19. The standard InChI is InChI=1S/C26H22N4O2/c1-2-30(23-8-4-3-5-9-23)26(31)21-7-6-10-24(16-21)32-25-15-20(11-12-22(25)17-27)18-29-14-13-28-19-29/h3-16,19H,2,18H2,1H3. The van der Waals surface area contributed by atoms with Gasteiger partial charge >= 0.3 is 0 Å². The summed E-state index contributed by atoms with van der Waals surface area (Å²) in [5.74, 6) is 0.833. The zero-order valence-corrected chi connectivity index (χ0v) is 17.7. The Morgan fingerprint density at radius 3 is 2.66 bits per heavy atom. The molecule has 4 rings (SSSR count). The molecule has 0 spiro atoms. The number of hydrogen-bond donors (Lipinski definition) is 0. The van der Waals surface area contributed by atoms with E-state index in [2.05, 4.69) is 11.1 Å². The van der Waals surface area contributed by atoms with E-state index in [4.69, 9.17) is 4.74 Å². The SMILES string of the molecule is CCN(C(=O)c1cccc(Oc2cc(Cn3ccnc3)ccc2C#N)c1)c1ccccc1. The van der Waals surface area contributed by atoms with E-state index in [0.29, 0.717) is 35.7 Å². The number of hydrogen-bond acceptors (Lipinski definition) is 4. The minimum atomic E-state index is -0.112. The smallest absolute Gasteiger partial charge is 0.258 e. The summed E-state index contributed by atoms with van der Waals surface area (Å²) in [5.41, 5.74) is 2.76. The normalized spacial score (nSPS) is 10.4. The van der Waals surface area contributed by atoms with Crippen molar-refractivity contribution in [2.45, 2.75) is 13.5 Å². The van der Waals surface area contributed by atoms with Crippen molar-refractivity contribution < 1.29 is 9.53 Å². The van der Waals surface area contributed by atoms with E-state index < -0.39 is 0 Å². The van der Waals surface area contributed by atoms with Crippen LogP contribution < -0.4 is 9.64 Å². The molecule has 0 saturated heterocycles. The Labute approximate surface area is 186 Å². The average molecular weight is 422 g/mol. The van der Waals surface area contributed by atoms with Crippen LogP contribution in [0.4, 0.5) is 5.69 Å². The Balaban J connectivity index is 1.59. The summed E-state index contributed by atoms with van der Waals surface area (Å²) < 4.78 is 7.99. The Morgan fingerprint density at radius 2 is 1.94 bits per heavy atom. The second kappa shape index (κ2) is 9.63. The van der Waals surface area contributed by atoms with E-state index in [-0.39, 0.29) is 5.91 Å². The van der Waals surface area contributed by atoms with Gasteiger partial charge in [-0.05, 0) is 55.0 Å². The lowest BCUT2D eigenvalue weighted by atomic mass is 10.1. The molecule has 6 nitrogen and oxygen atoms in total. The highest BCUT2D eigenvalue weighted by Gasteiger charge is 2.17. The number of aromatic nitrogens is 2. The summed E-state index contributed by atoms with van der Waals surface area (Å²) in [6.45, 7) is 3.10. The first-order valence-electron chi connectivity index (χ1n) is 10.3. The fourth-order valence-electron chi connectivity index (χ4n) is 3.46. The topological polar surface area (TPSA) is 71.2 Å². The Morgan fingerprint density at radius 1 is 1.09 bits per heavy atom. The fraction of sp³-hybridized carbons (Fsp3) is 0.115. The molecule has 0 aliphatic carbocycles. The highest BCUT2D eigenvalue weighted by molar-refractivity contribution is 6.06. The monoisotopic (exact) mass is 422 g/mol. The van der Waals surface area contributed by atoms with Crippen LogP contribution in [0.15, 0.2) is 91.5 Å². The van der Waals surface area contributed by atoms with E-state index in [1.54, 1.807) is 47.8 Å². The quantitative estimate of drug-likeness (QED) is 0.407. The van der Waals surface area contributed by atoms with Crippen LogP contribution in [0.2, 0.25) is 0 Å². The number of ether oxygens (including phenoxy) is 1. The number of imidazole rings is 1. The number of anilines is 1. The first-order chi connectivity index (χ1) is 15.7. The summed E-state index contributed by atoms with van der Waals surface area (Å²) in [6, 6.07) is 24.2. The summed E-state index contributed by atoms with van der Waals surface area (Å²) in [7, 11) is 0. The maximum Gasteiger partial charge on any atom is 0.258 e. The van der Waals surface area contributed by atoms with Crippen LogP contribution in [-0.2, 0) is 6.54 Å². The lowest BCUT2D eigenvalue weighted by Gasteiger charge is -2.21. The van der Waals surface area contributed by atoms with Gasteiger partial charge in [-0.25, -0.2) is 4.98 Å². The molecule has 4 aromatic rings. The summed E-state index contributed by atoms with van der Waals surface area (Å²) in [6.07, 6.45) is 5.33. The number of para-hydroxylation sites is 1. The van der Waals surface area contributed by atoms with Crippen LogP contribution in [0, 0.1) is 11.3 Å². The molecule has 158 valence electrons. The van der Waals surface area contributed by atoms with Crippen LogP contribution in [0.25, 0.3) is 0 Å². The molecule has 1 amide bonds. The van der Waals surface area contributed by atoms with Crippen molar-refractivity contribution >= 4 is 11.6 Å². The van der Waals surface area contributed by atoms with Gasteiger partial charge in [-0.3, -0.25) is 4.79 Å². The number of carbonyl (C=O) groups is 1. The molecular formula is C26H22N4O2.